The quantitative estimate of drug-likeness (QED) is 0.781. The molecule has 1 aromatic rings. The van der Waals surface area contributed by atoms with Crippen LogP contribution in [0.15, 0.2) is 18.2 Å². The van der Waals surface area contributed by atoms with Crippen molar-refractivity contribution in [3.8, 4) is 0 Å². The third kappa shape index (κ3) is 2.20. The van der Waals surface area contributed by atoms with Crippen LogP contribution in [0.2, 0.25) is 5.02 Å². The molecule has 1 aliphatic heterocycles. The first-order valence-corrected chi connectivity index (χ1v) is 5.26. The lowest BCUT2D eigenvalue weighted by atomic mass is 10.0. The number of rotatable bonds is 2. The molecule has 1 aliphatic rings. The number of morpholine rings is 1. The summed E-state index contributed by atoms with van der Waals surface area (Å²) in [7, 11) is 0. The Labute approximate surface area is 93.4 Å². The minimum absolute atomic E-state index is 0.0716. The molecule has 2 rings (SSSR count). The molecular weight excluding hydrogens is 214 g/mol. The summed E-state index contributed by atoms with van der Waals surface area (Å²) in [5, 5.41) is 3.70. The van der Waals surface area contributed by atoms with Gasteiger partial charge in [0.1, 0.15) is 0 Å². The molecule has 0 radical (unpaired) electrons. The van der Waals surface area contributed by atoms with Crippen molar-refractivity contribution in [2.75, 3.05) is 19.7 Å². The molecule has 1 saturated heterocycles. The average molecular weight is 226 g/mol. The smallest absolute Gasteiger partial charge is 0.151 e. The second kappa shape index (κ2) is 4.75. The van der Waals surface area contributed by atoms with Gasteiger partial charge in [-0.15, -0.1) is 0 Å². The van der Waals surface area contributed by atoms with E-state index in [0.29, 0.717) is 17.2 Å². The second-order valence-corrected chi connectivity index (χ2v) is 3.83. The van der Waals surface area contributed by atoms with Crippen LogP contribution in [0.1, 0.15) is 22.0 Å². The zero-order chi connectivity index (χ0) is 10.7. The van der Waals surface area contributed by atoms with Crippen molar-refractivity contribution >= 4 is 17.9 Å². The monoisotopic (exact) mass is 225 g/mol. The van der Waals surface area contributed by atoms with Gasteiger partial charge >= 0.3 is 0 Å². The Balaban J connectivity index is 2.33. The summed E-state index contributed by atoms with van der Waals surface area (Å²) in [6.07, 6.45) is 0.716. The van der Waals surface area contributed by atoms with Crippen LogP contribution in [0.3, 0.4) is 0 Å². The Morgan fingerprint density at radius 3 is 3.07 bits per heavy atom. The lowest BCUT2D eigenvalue weighted by molar-refractivity contribution is 0.0273. The Kier molecular flexibility index (Phi) is 3.36. The maximum absolute atomic E-state index is 10.9. The molecule has 1 heterocycles. The zero-order valence-electron chi connectivity index (χ0n) is 8.20. The van der Waals surface area contributed by atoms with Crippen LogP contribution in [0.4, 0.5) is 0 Å². The number of carbonyl (C=O) groups is 1. The molecular formula is C11H12ClNO2. The molecule has 1 unspecified atom stereocenters. The van der Waals surface area contributed by atoms with Gasteiger partial charge in [-0.2, -0.15) is 0 Å². The lowest BCUT2D eigenvalue weighted by Gasteiger charge is -2.25. The van der Waals surface area contributed by atoms with Gasteiger partial charge in [0.25, 0.3) is 0 Å². The minimum atomic E-state index is -0.0716. The van der Waals surface area contributed by atoms with E-state index >= 15 is 0 Å². The number of ether oxygens (including phenoxy) is 1. The van der Waals surface area contributed by atoms with Crippen molar-refractivity contribution in [3.05, 3.63) is 34.3 Å². The normalized spacial score (nSPS) is 21.3. The molecule has 1 N–H and O–H groups in total. The third-order valence-electron chi connectivity index (χ3n) is 2.48. The highest BCUT2D eigenvalue weighted by atomic mass is 35.5. The predicted molar refractivity (Wildman–Crippen MR) is 58.4 cm³/mol. The van der Waals surface area contributed by atoms with Crippen LogP contribution >= 0.6 is 11.6 Å². The van der Waals surface area contributed by atoms with Gasteiger partial charge in [-0.1, -0.05) is 23.7 Å². The van der Waals surface area contributed by atoms with Crippen LogP contribution in [0, 0.1) is 0 Å². The number of benzene rings is 1. The fourth-order valence-electron chi connectivity index (χ4n) is 1.72. The van der Waals surface area contributed by atoms with E-state index in [1.807, 2.05) is 12.1 Å². The average Bonchev–Trinajstić information content (AvgIpc) is 2.30. The Bertz CT molecular complexity index is 362. The molecule has 80 valence electrons. The van der Waals surface area contributed by atoms with Crippen LogP contribution in [-0.4, -0.2) is 26.0 Å². The van der Waals surface area contributed by atoms with Crippen LogP contribution in [-0.2, 0) is 4.74 Å². The van der Waals surface area contributed by atoms with Crippen molar-refractivity contribution in [2.24, 2.45) is 0 Å². The summed E-state index contributed by atoms with van der Waals surface area (Å²) in [6, 6.07) is 5.43. The van der Waals surface area contributed by atoms with E-state index < -0.39 is 0 Å². The highest BCUT2D eigenvalue weighted by Crippen LogP contribution is 2.26. The standard InChI is InChI=1S/C11H12ClNO2/c12-10-3-1-2-8(9(10)7-14)11-6-13-4-5-15-11/h1-3,7,11,13H,4-6H2. The summed E-state index contributed by atoms with van der Waals surface area (Å²) >= 11 is 5.94. The van der Waals surface area contributed by atoms with Crippen LogP contribution in [0.5, 0.6) is 0 Å². The highest BCUT2D eigenvalue weighted by Gasteiger charge is 2.19. The molecule has 1 aromatic carbocycles. The van der Waals surface area contributed by atoms with E-state index in [1.165, 1.54) is 0 Å². The Hall–Kier alpha value is -0.900. The van der Waals surface area contributed by atoms with Crippen molar-refractivity contribution in [1.29, 1.82) is 0 Å². The minimum Gasteiger partial charge on any atom is -0.371 e. The van der Waals surface area contributed by atoms with Crippen LogP contribution in [0.25, 0.3) is 0 Å². The van der Waals surface area contributed by atoms with Gasteiger partial charge in [-0.05, 0) is 11.6 Å². The van der Waals surface area contributed by atoms with Crippen molar-refractivity contribution in [2.45, 2.75) is 6.10 Å². The largest absolute Gasteiger partial charge is 0.371 e. The Morgan fingerprint density at radius 1 is 1.53 bits per heavy atom. The molecule has 15 heavy (non-hydrogen) atoms. The van der Waals surface area contributed by atoms with E-state index in [2.05, 4.69) is 5.32 Å². The predicted octanol–water partition coefficient (Wildman–Crippen LogP) is 1.81. The maximum atomic E-state index is 10.9. The summed E-state index contributed by atoms with van der Waals surface area (Å²) < 4.78 is 5.58. The second-order valence-electron chi connectivity index (χ2n) is 3.42. The first-order chi connectivity index (χ1) is 7.33. The topological polar surface area (TPSA) is 38.3 Å². The van der Waals surface area contributed by atoms with Gasteiger partial charge in [-0.3, -0.25) is 4.79 Å². The maximum Gasteiger partial charge on any atom is 0.151 e. The van der Waals surface area contributed by atoms with Crippen molar-refractivity contribution in [1.82, 2.24) is 5.32 Å². The zero-order valence-corrected chi connectivity index (χ0v) is 8.96. The molecule has 1 atom stereocenters. The van der Waals surface area contributed by atoms with Crippen molar-refractivity contribution < 1.29 is 9.53 Å². The number of nitrogens with one attached hydrogen (secondary N) is 1. The molecule has 4 heteroatoms. The number of halogens is 1. The summed E-state index contributed by atoms with van der Waals surface area (Å²) in [5.74, 6) is 0. The fraction of sp³-hybridized carbons (Fsp3) is 0.364. The van der Waals surface area contributed by atoms with Gasteiger partial charge in [-0.25, -0.2) is 0 Å². The molecule has 0 saturated carbocycles. The van der Waals surface area contributed by atoms with Gasteiger partial charge < -0.3 is 10.1 Å². The van der Waals surface area contributed by atoms with Gasteiger partial charge in [0.15, 0.2) is 6.29 Å². The first-order valence-electron chi connectivity index (χ1n) is 4.89. The number of carbonyl (C=O) groups excluding carboxylic acids is 1. The SMILES string of the molecule is O=Cc1c(Cl)cccc1C1CNCCO1. The first kappa shape index (κ1) is 10.6. The van der Waals surface area contributed by atoms with E-state index in [-0.39, 0.29) is 6.10 Å². The van der Waals surface area contributed by atoms with Gasteiger partial charge in [0.2, 0.25) is 0 Å². The Morgan fingerprint density at radius 2 is 2.40 bits per heavy atom. The molecule has 1 fully saturated rings. The lowest BCUT2D eigenvalue weighted by Crippen LogP contribution is -2.33. The number of hydrogen-bond acceptors (Lipinski definition) is 3. The highest BCUT2D eigenvalue weighted by molar-refractivity contribution is 6.33. The molecule has 0 aromatic heterocycles. The van der Waals surface area contributed by atoms with Gasteiger partial charge in [0.05, 0.1) is 17.7 Å². The molecule has 0 bridgehead atoms. The van der Waals surface area contributed by atoms with E-state index in [1.54, 1.807) is 6.07 Å². The van der Waals surface area contributed by atoms with Crippen molar-refractivity contribution in [3.63, 3.8) is 0 Å². The summed E-state index contributed by atoms with van der Waals surface area (Å²) in [6.45, 7) is 2.24. The van der Waals surface area contributed by atoms with E-state index in [0.717, 1.165) is 24.9 Å². The molecule has 0 aliphatic carbocycles. The number of hydrogen-bond donors (Lipinski definition) is 1. The van der Waals surface area contributed by atoms with Gasteiger partial charge in [0, 0.05) is 18.7 Å². The van der Waals surface area contributed by atoms with Crippen LogP contribution < -0.4 is 5.32 Å². The summed E-state index contributed by atoms with van der Waals surface area (Å²) in [5.41, 5.74) is 1.40. The molecule has 3 nitrogen and oxygen atoms in total. The molecule has 0 amide bonds. The number of aldehydes is 1. The van der Waals surface area contributed by atoms with E-state index in [4.69, 9.17) is 16.3 Å². The van der Waals surface area contributed by atoms with E-state index in [9.17, 15) is 4.79 Å². The third-order valence-corrected chi connectivity index (χ3v) is 2.81. The summed E-state index contributed by atoms with van der Waals surface area (Å²) in [4.78, 5) is 10.9. The molecule has 0 spiro atoms. The fourth-order valence-corrected chi connectivity index (χ4v) is 1.95.